The van der Waals surface area contributed by atoms with Crippen molar-refractivity contribution in [2.75, 3.05) is 5.32 Å². The normalized spacial score (nSPS) is 9.89. The van der Waals surface area contributed by atoms with Crippen LogP contribution in [0.3, 0.4) is 0 Å². The lowest BCUT2D eigenvalue weighted by Crippen LogP contribution is -2.00. The summed E-state index contributed by atoms with van der Waals surface area (Å²) in [5.74, 6) is -1.34. The van der Waals surface area contributed by atoms with Crippen LogP contribution in [0.15, 0.2) is 34.9 Å². The maximum absolute atomic E-state index is 13.5. The van der Waals surface area contributed by atoms with Crippen LogP contribution in [0.25, 0.3) is 0 Å². The average molecular weight is 310 g/mol. The first kappa shape index (κ1) is 12.5. The second-order valence-corrected chi connectivity index (χ2v) is 4.30. The number of nitrogens with zero attached hydrogens (tertiary/aromatic N) is 2. The molecule has 1 aromatic heterocycles. The van der Waals surface area contributed by atoms with Crippen LogP contribution >= 0.6 is 15.9 Å². The lowest BCUT2D eigenvalue weighted by molar-refractivity contribution is 0.621. The number of hydrogen-bond donors (Lipinski definition) is 1. The van der Waals surface area contributed by atoms with E-state index in [0.717, 1.165) is 6.07 Å². The van der Waals surface area contributed by atoms with Gasteiger partial charge in [-0.15, -0.1) is 0 Å². The van der Waals surface area contributed by atoms with E-state index in [1.807, 2.05) is 0 Å². The molecule has 0 aliphatic heterocycles. The number of hydrogen-bond acceptors (Lipinski definition) is 3. The summed E-state index contributed by atoms with van der Waals surface area (Å²) in [6, 6.07) is 7.01. The molecule has 0 atom stereocenters. The van der Waals surface area contributed by atoms with Crippen molar-refractivity contribution >= 4 is 27.4 Å². The van der Waals surface area contributed by atoms with E-state index >= 15 is 0 Å². The van der Waals surface area contributed by atoms with Gasteiger partial charge in [-0.3, -0.25) is 0 Å². The zero-order valence-electron chi connectivity index (χ0n) is 8.92. The lowest BCUT2D eigenvalue weighted by atomic mass is 10.2. The number of pyridine rings is 1. The van der Waals surface area contributed by atoms with E-state index in [1.54, 1.807) is 6.07 Å². The molecule has 0 saturated carbocycles. The quantitative estimate of drug-likeness (QED) is 0.919. The second-order valence-electron chi connectivity index (χ2n) is 3.38. The van der Waals surface area contributed by atoms with E-state index in [1.165, 1.54) is 24.4 Å². The number of rotatable bonds is 2. The molecular weight excluding hydrogens is 304 g/mol. The van der Waals surface area contributed by atoms with Gasteiger partial charge in [-0.05, 0) is 34.1 Å². The predicted molar refractivity (Wildman–Crippen MR) is 66.3 cm³/mol. The van der Waals surface area contributed by atoms with Gasteiger partial charge < -0.3 is 5.32 Å². The summed E-state index contributed by atoms with van der Waals surface area (Å²) in [4.78, 5) is 3.81. The fraction of sp³-hybridized carbons (Fsp3) is 0. The van der Waals surface area contributed by atoms with Crippen LogP contribution in [-0.2, 0) is 0 Å². The summed E-state index contributed by atoms with van der Waals surface area (Å²) in [5, 5.41) is 11.4. The zero-order valence-corrected chi connectivity index (χ0v) is 10.5. The van der Waals surface area contributed by atoms with Crippen molar-refractivity contribution in [1.82, 2.24) is 4.98 Å². The second kappa shape index (κ2) is 5.10. The van der Waals surface area contributed by atoms with E-state index < -0.39 is 11.6 Å². The Kier molecular flexibility index (Phi) is 3.53. The molecule has 0 spiro atoms. The molecule has 1 aromatic carbocycles. The minimum Gasteiger partial charge on any atom is -0.337 e. The van der Waals surface area contributed by atoms with Gasteiger partial charge in [0.05, 0.1) is 5.69 Å². The molecule has 1 N–H and O–H groups in total. The molecular formula is C12H6BrF2N3. The highest BCUT2D eigenvalue weighted by atomic mass is 79.9. The van der Waals surface area contributed by atoms with Gasteiger partial charge >= 0.3 is 0 Å². The molecule has 0 aliphatic rings. The Labute approximate surface area is 110 Å². The third-order valence-electron chi connectivity index (χ3n) is 2.19. The van der Waals surface area contributed by atoms with Crippen LogP contribution < -0.4 is 5.32 Å². The van der Waals surface area contributed by atoms with E-state index in [9.17, 15) is 8.78 Å². The summed E-state index contributed by atoms with van der Waals surface area (Å²) in [5.41, 5.74) is -0.00663. The molecule has 3 nitrogen and oxygen atoms in total. The van der Waals surface area contributed by atoms with Gasteiger partial charge in [0.1, 0.15) is 17.4 Å². The van der Waals surface area contributed by atoms with Crippen molar-refractivity contribution in [2.24, 2.45) is 0 Å². The first-order chi connectivity index (χ1) is 8.61. The van der Waals surface area contributed by atoms with Crippen molar-refractivity contribution in [3.8, 4) is 6.07 Å². The van der Waals surface area contributed by atoms with E-state index in [4.69, 9.17) is 5.26 Å². The Morgan fingerprint density at radius 3 is 2.72 bits per heavy atom. The van der Waals surface area contributed by atoms with E-state index in [2.05, 4.69) is 26.2 Å². The number of halogens is 3. The summed E-state index contributed by atoms with van der Waals surface area (Å²) in [6.45, 7) is 0. The third kappa shape index (κ3) is 2.46. The fourth-order valence-electron chi connectivity index (χ4n) is 1.38. The summed E-state index contributed by atoms with van der Waals surface area (Å²) >= 11 is 3.08. The standard InChI is InChI=1S/C12H6BrF2N3/c13-7-4-10(15)12(17-6-7)18-11-3-1-2-9(14)8(11)5-16/h1-4,6H,(H,17,18). The molecule has 2 aromatic rings. The van der Waals surface area contributed by atoms with Crippen LogP contribution in [0, 0.1) is 23.0 Å². The number of aromatic nitrogens is 1. The smallest absolute Gasteiger partial charge is 0.166 e. The van der Waals surface area contributed by atoms with Crippen molar-refractivity contribution in [2.45, 2.75) is 0 Å². The number of anilines is 2. The zero-order chi connectivity index (χ0) is 13.1. The lowest BCUT2D eigenvalue weighted by Gasteiger charge is -2.08. The van der Waals surface area contributed by atoms with Gasteiger partial charge in [-0.25, -0.2) is 13.8 Å². The van der Waals surface area contributed by atoms with Gasteiger partial charge in [-0.2, -0.15) is 5.26 Å². The Morgan fingerprint density at radius 2 is 2.06 bits per heavy atom. The van der Waals surface area contributed by atoms with Crippen LogP contribution in [0.1, 0.15) is 5.56 Å². The largest absolute Gasteiger partial charge is 0.337 e. The SMILES string of the molecule is N#Cc1c(F)cccc1Nc1ncc(Br)cc1F. The van der Waals surface area contributed by atoms with Crippen LogP contribution in [0.4, 0.5) is 20.3 Å². The Morgan fingerprint density at radius 1 is 1.28 bits per heavy atom. The molecule has 0 bridgehead atoms. The molecule has 0 aliphatic carbocycles. The third-order valence-corrected chi connectivity index (χ3v) is 2.62. The topological polar surface area (TPSA) is 48.7 Å². The highest BCUT2D eigenvalue weighted by Gasteiger charge is 2.10. The molecule has 2 rings (SSSR count). The molecule has 0 radical (unpaired) electrons. The van der Waals surface area contributed by atoms with Gasteiger partial charge in [0.15, 0.2) is 11.6 Å². The average Bonchev–Trinajstić information content (AvgIpc) is 2.33. The molecule has 90 valence electrons. The van der Waals surface area contributed by atoms with Crippen LogP contribution in [0.2, 0.25) is 0 Å². The van der Waals surface area contributed by atoms with Gasteiger partial charge in [0.2, 0.25) is 0 Å². The van der Waals surface area contributed by atoms with Crippen molar-refractivity contribution in [3.63, 3.8) is 0 Å². The molecule has 0 amide bonds. The summed E-state index contributed by atoms with van der Waals surface area (Å²) in [6.07, 6.45) is 1.40. The van der Waals surface area contributed by atoms with E-state index in [0.29, 0.717) is 4.47 Å². The first-order valence-corrected chi connectivity index (χ1v) is 5.68. The van der Waals surface area contributed by atoms with Gasteiger partial charge in [0.25, 0.3) is 0 Å². The fourth-order valence-corrected chi connectivity index (χ4v) is 1.68. The van der Waals surface area contributed by atoms with Gasteiger partial charge in [0, 0.05) is 10.7 Å². The molecule has 18 heavy (non-hydrogen) atoms. The Bertz CT molecular complexity index is 638. The summed E-state index contributed by atoms with van der Waals surface area (Å²) < 4.78 is 27.4. The minimum absolute atomic E-state index is 0.0692. The summed E-state index contributed by atoms with van der Waals surface area (Å²) in [7, 11) is 0. The van der Waals surface area contributed by atoms with Crippen molar-refractivity contribution in [3.05, 3.63) is 52.1 Å². The maximum atomic E-state index is 13.5. The van der Waals surface area contributed by atoms with E-state index in [-0.39, 0.29) is 17.1 Å². The predicted octanol–water partition coefficient (Wildman–Crippen LogP) is 3.74. The highest BCUT2D eigenvalue weighted by Crippen LogP contribution is 2.24. The molecule has 6 heteroatoms. The van der Waals surface area contributed by atoms with Gasteiger partial charge in [-0.1, -0.05) is 6.07 Å². The Balaban J connectivity index is 2.41. The van der Waals surface area contributed by atoms with Crippen molar-refractivity contribution < 1.29 is 8.78 Å². The van der Waals surface area contributed by atoms with Crippen LogP contribution in [0.5, 0.6) is 0 Å². The highest BCUT2D eigenvalue weighted by molar-refractivity contribution is 9.10. The molecule has 0 unspecified atom stereocenters. The maximum Gasteiger partial charge on any atom is 0.166 e. The molecule has 0 saturated heterocycles. The number of nitrogens with one attached hydrogen (secondary N) is 1. The number of nitriles is 1. The van der Waals surface area contributed by atoms with Crippen molar-refractivity contribution in [1.29, 1.82) is 5.26 Å². The number of benzene rings is 1. The van der Waals surface area contributed by atoms with Crippen LogP contribution in [-0.4, -0.2) is 4.98 Å². The molecule has 0 fully saturated rings. The monoisotopic (exact) mass is 309 g/mol. The Hall–Kier alpha value is -2.00. The first-order valence-electron chi connectivity index (χ1n) is 4.88. The minimum atomic E-state index is -0.667. The molecule has 1 heterocycles.